The maximum Gasteiger partial charge on any atom is 0.422 e. The quantitative estimate of drug-likeness (QED) is 0.281. The second kappa shape index (κ2) is 12.3. The Bertz CT molecular complexity index is 1050. The highest BCUT2D eigenvalue weighted by Gasteiger charge is 2.29. The van der Waals surface area contributed by atoms with Crippen LogP contribution in [-0.4, -0.2) is 62.7 Å². The van der Waals surface area contributed by atoms with Crippen LogP contribution in [0.25, 0.3) is 0 Å². The van der Waals surface area contributed by atoms with E-state index in [1.807, 2.05) is 6.92 Å². The number of nitrogens with two attached hydrogens (primary N) is 1. The Morgan fingerprint density at radius 3 is 2.69 bits per heavy atom. The lowest BCUT2D eigenvalue weighted by Gasteiger charge is -2.22. The molecule has 3 rings (SSSR count). The summed E-state index contributed by atoms with van der Waals surface area (Å²) in [5.74, 6) is -1.52. The second-order valence-corrected chi connectivity index (χ2v) is 8.73. The molecule has 1 aliphatic heterocycles. The molecule has 198 valence electrons. The lowest BCUT2D eigenvalue weighted by atomic mass is 9.98. The molecule has 2 aromatic carbocycles. The van der Waals surface area contributed by atoms with Gasteiger partial charge in [0.1, 0.15) is 12.4 Å². The predicted octanol–water partition coefficient (Wildman–Crippen LogP) is 3.21. The largest absolute Gasteiger partial charge is 0.488 e. The van der Waals surface area contributed by atoms with Gasteiger partial charge in [0.15, 0.2) is 18.1 Å². The highest BCUT2D eigenvalue weighted by molar-refractivity contribution is 6.00. The Balaban J connectivity index is 1.55. The summed E-state index contributed by atoms with van der Waals surface area (Å²) in [6.07, 6.45) is -2.54. The zero-order valence-electron chi connectivity index (χ0n) is 20.0. The number of fused-ring (bicyclic) bond motifs is 1. The molecule has 0 saturated carbocycles. The number of nitrogens with zero attached hydrogens (tertiary/aromatic N) is 1. The fourth-order valence-corrected chi connectivity index (χ4v) is 4.25. The van der Waals surface area contributed by atoms with Gasteiger partial charge in [0.2, 0.25) is 0 Å². The summed E-state index contributed by atoms with van der Waals surface area (Å²) in [6.45, 7) is 2.40. The fraction of sp³-hybridized carbons (Fsp3) is 0.480. The molecule has 2 aromatic rings. The van der Waals surface area contributed by atoms with Gasteiger partial charge < -0.3 is 30.5 Å². The summed E-state index contributed by atoms with van der Waals surface area (Å²) in [5.41, 5.74) is 8.97. The van der Waals surface area contributed by atoms with Gasteiger partial charge in [-0.3, -0.25) is 4.79 Å². The minimum atomic E-state index is -4.55. The Labute approximate surface area is 207 Å². The SMILES string of the molecule is C[C@@H](Cc1cc2c(c(C(N)=O)c1)N(CCCO)CC2)NCCOc1ccc(F)cc1OCC(F)(F)F. The van der Waals surface area contributed by atoms with Gasteiger partial charge in [-0.15, -0.1) is 0 Å². The van der Waals surface area contributed by atoms with Crippen molar-refractivity contribution in [3.05, 3.63) is 52.8 Å². The first-order valence-corrected chi connectivity index (χ1v) is 11.7. The van der Waals surface area contributed by atoms with Crippen molar-refractivity contribution in [3.63, 3.8) is 0 Å². The lowest BCUT2D eigenvalue weighted by Crippen LogP contribution is -2.32. The third-order valence-corrected chi connectivity index (χ3v) is 5.76. The van der Waals surface area contributed by atoms with E-state index in [4.69, 9.17) is 15.6 Å². The molecule has 0 unspecified atom stereocenters. The standard InChI is InChI=1S/C25H31F4N3O4/c1-16(31-6-10-35-21-4-3-19(26)14-22(21)36-15-25(27,28)29)11-17-12-18-5-8-32(7-2-9-33)23(18)20(13-17)24(30)34/h3-4,12-14,16,31,33H,2,5-11,15H2,1H3,(H2,30,34)/t16-/m0/s1. The second-order valence-electron chi connectivity index (χ2n) is 8.73. The summed E-state index contributed by atoms with van der Waals surface area (Å²) in [7, 11) is 0. The van der Waals surface area contributed by atoms with Gasteiger partial charge in [0, 0.05) is 38.3 Å². The number of hydrogen-bond donors (Lipinski definition) is 3. The summed E-state index contributed by atoms with van der Waals surface area (Å²) >= 11 is 0. The van der Waals surface area contributed by atoms with Crippen molar-refractivity contribution in [2.45, 2.75) is 38.4 Å². The van der Waals surface area contributed by atoms with Gasteiger partial charge in [-0.2, -0.15) is 13.2 Å². The number of halogens is 4. The average molecular weight is 514 g/mol. The number of carbonyl (C=O) groups is 1. The van der Waals surface area contributed by atoms with Crippen molar-refractivity contribution >= 4 is 11.6 Å². The molecule has 0 saturated heterocycles. The van der Waals surface area contributed by atoms with Crippen molar-refractivity contribution < 1.29 is 36.9 Å². The van der Waals surface area contributed by atoms with E-state index in [0.717, 1.165) is 41.9 Å². The molecule has 36 heavy (non-hydrogen) atoms. The first kappa shape index (κ1) is 27.5. The zero-order valence-corrected chi connectivity index (χ0v) is 20.0. The maximum atomic E-state index is 13.4. The third-order valence-electron chi connectivity index (χ3n) is 5.76. The van der Waals surface area contributed by atoms with Gasteiger partial charge in [-0.25, -0.2) is 4.39 Å². The van der Waals surface area contributed by atoms with Crippen molar-refractivity contribution in [2.75, 3.05) is 44.4 Å². The highest BCUT2D eigenvalue weighted by atomic mass is 19.4. The van der Waals surface area contributed by atoms with Crippen LogP contribution in [-0.2, 0) is 12.8 Å². The van der Waals surface area contributed by atoms with E-state index >= 15 is 0 Å². The van der Waals surface area contributed by atoms with Crippen LogP contribution in [0.3, 0.4) is 0 Å². The van der Waals surface area contributed by atoms with Gasteiger partial charge in [0.05, 0.1) is 11.3 Å². The molecule has 11 heteroatoms. The number of anilines is 1. The fourth-order valence-electron chi connectivity index (χ4n) is 4.25. The minimum absolute atomic E-state index is 0.00607. The van der Waals surface area contributed by atoms with Crippen molar-refractivity contribution in [1.29, 1.82) is 0 Å². The zero-order chi connectivity index (χ0) is 26.3. The number of rotatable bonds is 13. The Hall–Kier alpha value is -3.05. The smallest absolute Gasteiger partial charge is 0.422 e. The van der Waals surface area contributed by atoms with Crippen LogP contribution in [0.5, 0.6) is 11.5 Å². The van der Waals surface area contributed by atoms with Crippen LogP contribution < -0.4 is 25.4 Å². The number of benzene rings is 2. The molecule has 1 amide bonds. The van der Waals surface area contributed by atoms with E-state index in [1.54, 1.807) is 6.07 Å². The third kappa shape index (κ3) is 7.72. The van der Waals surface area contributed by atoms with Gasteiger partial charge in [-0.1, -0.05) is 6.07 Å². The molecule has 1 atom stereocenters. The van der Waals surface area contributed by atoms with Crippen molar-refractivity contribution in [1.82, 2.24) is 5.32 Å². The molecular weight excluding hydrogens is 482 g/mol. The number of primary amides is 1. The maximum absolute atomic E-state index is 13.4. The van der Waals surface area contributed by atoms with Crippen LogP contribution in [0.1, 0.15) is 34.8 Å². The molecule has 7 nitrogen and oxygen atoms in total. The normalized spacial score (nSPS) is 14.0. The highest BCUT2D eigenvalue weighted by Crippen LogP contribution is 2.34. The number of amides is 1. The molecule has 0 aromatic heterocycles. The molecule has 0 radical (unpaired) electrons. The van der Waals surface area contributed by atoms with E-state index in [-0.39, 0.29) is 30.8 Å². The Morgan fingerprint density at radius 1 is 1.22 bits per heavy atom. The summed E-state index contributed by atoms with van der Waals surface area (Å²) in [4.78, 5) is 14.2. The molecule has 0 fully saturated rings. The summed E-state index contributed by atoms with van der Waals surface area (Å²) in [6, 6.07) is 7.03. The first-order valence-electron chi connectivity index (χ1n) is 11.7. The van der Waals surface area contributed by atoms with Crippen LogP contribution in [0.2, 0.25) is 0 Å². The number of carbonyl (C=O) groups excluding carboxylic acids is 1. The Kier molecular flexibility index (Phi) is 9.38. The molecule has 0 aliphatic carbocycles. The predicted molar refractivity (Wildman–Crippen MR) is 127 cm³/mol. The Morgan fingerprint density at radius 2 is 2.00 bits per heavy atom. The van der Waals surface area contributed by atoms with Crippen LogP contribution >= 0.6 is 0 Å². The average Bonchev–Trinajstić information content (AvgIpc) is 3.21. The number of nitrogens with one attached hydrogen (secondary N) is 1. The summed E-state index contributed by atoms with van der Waals surface area (Å²) in [5, 5.41) is 12.4. The first-order chi connectivity index (χ1) is 17.1. The van der Waals surface area contributed by atoms with Gasteiger partial charge >= 0.3 is 6.18 Å². The topological polar surface area (TPSA) is 97.1 Å². The van der Waals surface area contributed by atoms with Crippen molar-refractivity contribution in [3.8, 4) is 11.5 Å². The molecule has 1 heterocycles. The molecule has 0 spiro atoms. The lowest BCUT2D eigenvalue weighted by molar-refractivity contribution is -0.153. The molecule has 0 bridgehead atoms. The van der Waals surface area contributed by atoms with E-state index in [2.05, 4.69) is 21.0 Å². The van der Waals surface area contributed by atoms with Crippen molar-refractivity contribution in [2.24, 2.45) is 5.73 Å². The van der Waals surface area contributed by atoms with Crippen LogP contribution in [0.15, 0.2) is 30.3 Å². The van der Waals surface area contributed by atoms with Crippen LogP contribution in [0.4, 0.5) is 23.2 Å². The number of aliphatic hydroxyl groups is 1. The van der Waals surface area contributed by atoms with Gasteiger partial charge in [-0.05, 0) is 55.5 Å². The minimum Gasteiger partial charge on any atom is -0.488 e. The van der Waals surface area contributed by atoms with E-state index < -0.39 is 24.5 Å². The van der Waals surface area contributed by atoms with Crippen LogP contribution in [0, 0.1) is 5.82 Å². The summed E-state index contributed by atoms with van der Waals surface area (Å²) < 4.78 is 61.0. The van der Waals surface area contributed by atoms with E-state index in [0.29, 0.717) is 31.5 Å². The molecule has 4 N–H and O–H groups in total. The number of hydrogen-bond acceptors (Lipinski definition) is 6. The number of alkyl halides is 3. The van der Waals surface area contributed by atoms with E-state index in [1.165, 1.54) is 6.07 Å². The molecular formula is C25H31F4N3O4. The van der Waals surface area contributed by atoms with Gasteiger partial charge in [0.25, 0.3) is 5.91 Å². The molecule has 1 aliphatic rings. The number of ether oxygens (including phenoxy) is 2. The number of aliphatic hydroxyl groups excluding tert-OH is 1. The van der Waals surface area contributed by atoms with E-state index in [9.17, 15) is 22.4 Å². The monoisotopic (exact) mass is 513 g/mol.